The number of nitrogens with one attached hydrogen (secondary N) is 2. The van der Waals surface area contributed by atoms with Crippen molar-refractivity contribution in [3.8, 4) is 0 Å². The molecule has 0 saturated carbocycles. The quantitative estimate of drug-likeness (QED) is 0.756. The predicted molar refractivity (Wildman–Crippen MR) is 98.6 cm³/mol. The SMILES string of the molecule is CC(=O)Nc1ccc(C)c(C(=O)N[C@H](C)[C@H](O)Cc2ccccc2)c1. The molecule has 0 aliphatic rings. The Morgan fingerprint density at radius 3 is 2.44 bits per heavy atom. The molecule has 3 N–H and O–H groups in total. The number of hydrogen-bond donors (Lipinski definition) is 3. The Kier molecular flexibility index (Phi) is 6.31. The lowest BCUT2D eigenvalue weighted by atomic mass is 10.0. The first kappa shape index (κ1) is 18.7. The molecule has 0 aliphatic heterocycles. The van der Waals surface area contributed by atoms with Crippen LogP contribution < -0.4 is 10.6 Å². The van der Waals surface area contributed by atoms with E-state index in [4.69, 9.17) is 0 Å². The largest absolute Gasteiger partial charge is 0.391 e. The summed E-state index contributed by atoms with van der Waals surface area (Å²) >= 11 is 0. The first-order valence-electron chi connectivity index (χ1n) is 8.28. The van der Waals surface area contributed by atoms with Crippen molar-refractivity contribution >= 4 is 17.5 Å². The van der Waals surface area contributed by atoms with Crippen molar-refractivity contribution < 1.29 is 14.7 Å². The fourth-order valence-corrected chi connectivity index (χ4v) is 2.56. The Hall–Kier alpha value is -2.66. The van der Waals surface area contributed by atoms with E-state index in [1.807, 2.05) is 37.3 Å². The van der Waals surface area contributed by atoms with E-state index < -0.39 is 12.1 Å². The molecular weight excluding hydrogens is 316 g/mol. The number of aliphatic hydroxyl groups is 1. The van der Waals surface area contributed by atoms with E-state index in [9.17, 15) is 14.7 Å². The normalized spacial score (nSPS) is 13.0. The second-order valence-corrected chi connectivity index (χ2v) is 6.23. The minimum absolute atomic E-state index is 0.193. The zero-order chi connectivity index (χ0) is 18.4. The van der Waals surface area contributed by atoms with Gasteiger partial charge in [-0.05, 0) is 37.1 Å². The molecule has 2 amide bonds. The molecular formula is C20H24N2O3. The van der Waals surface area contributed by atoms with Gasteiger partial charge in [0.05, 0.1) is 12.1 Å². The van der Waals surface area contributed by atoms with Crippen LogP contribution in [0.3, 0.4) is 0 Å². The summed E-state index contributed by atoms with van der Waals surface area (Å²) in [5.74, 6) is -0.467. The summed E-state index contributed by atoms with van der Waals surface area (Å²) in [5, 5.41) is 15.8. The molecule has 0 aliphatic carbocycles. The van der Waals surface area contributed by atoms with Gasteiger partial charge in [-0.15, -0.1) is 0 Å². The lowest BCUT2D eigenvalue weighted by Gasteiger charge is -2.21. The van der Waals surface area contributed by atoms with Crippen LogP contribution in [0.15, 0.2) is 48.5 Å². The van der Waals surface area contributed by atoms with Gasteiger partial charge in [-0.2, -0.15) is 0 Å². The molecule has 0 radical (unpaired) electrons. The first-order chi connectivity index (χ1) is 11.9. The van der Waals surface area contributed by atoms with Crippen molar-refractivity contribution in [1.29, 1.82) is 0 Å². The molecule has 2 aromatic carbocycles. The fourth-order valence-electron chi connectivity index (χ4n) is 2.56. The Balaban J connectivity index is 2.04. The summed E-state index contributed by atoms with van der Waals surface area (Å²) in [6.07, 6.45) is -0.224. The molecule has 0 spiro atoms. The molecule has 2 aromatic rings. The average Bonchev–Trinajstić information content (AvgIpc) is 2.56. The van der Waals surface area contributed by atoms with Gasteiger partial charge in [0.25, 0.3) is 5.91 Å². The Labute approximate surface area is 148 Å². The maximum absolute atomic E-state index is 12.5. The number of carbonyl (C=O) groups is 2. The third-order valence-electron chi connectivity index (χ3n) is 4.03. The summed E-state index contributed by atoms with van der Waals surface area (Å²) in [7, 11) is 0. The average molecular weight is 340 g/mol. The van der Waals surface area contributed by atoms with E-state index in [2.05, 4.69) is 10.6 Å². The van der Waals surface area contributed by atoms with Gasteiger partial charge in [0.15, 0.2) is 0 Å². The van der Waals surface area contributed by atoms with Gasteiger partial charge in [0, 0.05) is 24.6 Å². The summed E-state index contributed by atoms with van der Waals surface area (Å²) in [4.78, 5) is 23.7. The number of hydrogen-bond acceptors (Lipinski definition) is 3. The third-order valence-corrected chi connectivity index (χ3v) is 4.03. The molecule has 2 rings (SSSR count). The molecule has 5 nitrogen and oxygen atoms in total. The van der Waals surface area contributed by atoms with Crippen LogP contribution in [0.4, 0.5) is 5.69 Å². The second-order valence-electron chi connectivity index (χ2n) is 6.23. The van der Waals surface area contributed by atoms with Crippen LogP contribution in [0.1, 0.15) is 35.3 Å². The maximum Gasteiger partial charge on any atom is 0.251 e. The van der Waals surface area contributed by atoms with Crippen molar-refractivity contribution in [2.24, 2.45) is 0 Å². The Morgan fingerprint density at radius 2 is 1.80 bits per heavy atom. The second kappa shape index (κ2) is 8.44. The standard InChI is InChI=1S/C20H24N2O3/c1-13-9-10-17(22-15(3)23)12-18(13)20(25)21-14(2)19(24)11-16-7-5-4-6-8-16/h4-10,12,14,19,24H,11H2,1-3H3,(H,21,25)(H,22,23)/t14-,19-/m1/s1. The molecule has 0 aromatic heterocycles. The summed E-state index contributed by atoms with van der Waals surface area (Å²) < 4.78 is 0. The molecule has 5 heteroatoms. The van der Waals surface area contributed by atoms with Crippen LogP contribution in [0.2, 0.25) is 0 Å². The molecule has 0 saturated heterocycles. The summed E-state index contributed by atoms with van der Waals surface area (Å²) in [6, 6.07) is 14.4. The number of benzene rings is 2. The summed E-state index contributed by atoms with van der Waals surface area (Å²) in [5.41, 5.74) is 2.86. The van der Waals surface area contributed by atoms with Crippen molar-refractivity contribution in [2.75, 3.05) is 5.32 Å². The van der Waals surface area contributed by atoms with E-state index in [1.165, 1.54) is 6.92 Å². The number of amides is 2. The Bertz CT molecular complexity index is 744. The van der Waals surface area contributed by atoms with Crippen LogP contribution in [-0.2, 0) is 11.2 Å². The van der Waals surface area contributed by atoms with Crippen molar-refractivity contribution in [3.63, 3.8) is 0 Å². The van der Waals surface area contributed by atoms with Gasteiger partial charge in [-0.25, -0.2) is 0 Å². The van der Waals surface area contributed by atoms with E-state index in [1.54, 1.807) is 25.1 Å². The molecule has 132 valence electrons. The van der Waals surface area contributed by atoms with Crippen LogP contribution in [-0.4, -0.2) is 29.1 Å². The van der Waals surface area contributed by atoms with E-state index in [0.717, 1.165) is 11.1 Å². The number of carbonyl (C=O) groups excluding carboxylic acids is 2. The maximum atomic E-state index is 12.5. The third kappa shape index (κ3) is 5.43. The zero-order valence-corrected chi connectivity index (χ0v) is 14.7. The number of aryl methyl sites for hydroxylation is 1. The molecule has 0 bridgehead atoms. The molecule has 2 atom stereocenters. The van der Waals surface area contributed by atoms with E-state index in [0.29, 0.717) is 17.7 Å². The van der Waals surface area contributed by atoms with Crippen molar-refractivity contribution in [2.45, 2.75) is 39.3 Å². The highest BCUT2D eigenvalue weighted by molar-refractivity contribution is 5.98. The monoisotopic (exact) mass is 340 g/mol. The zero-order valence-electron chi connectivity index (χ0n) is 14.7. The van der Waals surface area contributed by atoms with E-state index >= 15 is 0 Å². The van der Waals surface area contributed by atoms with Gasteiger partial charge in [-0.1, -0.05) is 36.4 Å². The van der Waals surface area contributed by atoms with Crippen molar-refractivity contribution in [1.82, 2.24) is 5.32 Å². The van der Waals surface area contributed by atoms with E-state index in [-0.39, 0.29) is 11.8 Å². The fraction of sp³-hybridized carbons (Fsp3) is 0.300. The molecule has 0 fully saturated rings. The number of aliphatic hydroxyl groups excluding tert-OH is 1. The van der Waals surface area contributed by atoms with Crippen molar-refractivity contribution in [3.05, 3.63) is 65.2 Å². The Morgan fingerprint density at radius 1 is 1.12 bits per heavy atom. The number of anilines is 1. The highest BCUT2D eigenvalue weighted by Gasteiger charge is 2.19. The van der Waals surface area contributed by atoms with Crippen LogP contribution in [0.25, 0.3) is 0 Å². The van der Waals surface area contributed by atoms with Gasteiger partial charge in [0.1, 0.15) is 0 Å². The van der Waals surface area contributed by atoms with Gasteiger partial charge in [0.2, 0.25) is 5.91 Å². The minimum atomic E-state index is -0.690. The molecule has 0 unspecified atom stereocenters. The first-order valence-corrected chi connectivity index (χ1v) is 8.28. The van der Waals surface area contributed by atoms with Gasteiger partial charge >= 0.3 is 0 Å². The minimum Gasteiger partial charge on any atom is -0.391 e. The van der Waals surface area contributed by atoms with Gasteiger partial charge < -0.3 is 15.7 Å². The van der Waals surface area contributed by atoms with Gasteiger partial charge in [-0.3, -0.25) is 9.59 Å². The molecule has 25 heavy (non-hydrogen) atoms. The van der Waals surface area contributed by atoms with Crippen LogP contribution in [0, 0.1) is 6.92 Å². The van der Waals surface area contributed by atoms with Crippen LogP contribution in [0.5, 0.6) is 0 Å². The smallest absolute Gasteiger partial charge is 0.251 e. The number of rotatable bonds is 6. The lowest BCUT2D eigenvalue weighted by molar-refractivity contribution is -0.114. The molecule has 0 heterocycles. The lowest BCUT2D eigenvalue weighted by Crippen LogP contribution is -2.42. The highest BCUT2D eigenvalue weighted by atomic mass is 16.3. The summed E-state index contributed by atoms with van der Waals surface area (Å²) in [6.45, 7) is 5.03. The van der Waals surface area contributed by atoms with Crippen LogP contribution >= 0.6 is 0 Å². The predicted octanol–water partition coefficient (Wildman–Crippen LogP) is 2.68. The topological polar surface area (TPSA) is 78.4 Å². The highest BCUT2D eigenvalue weighted by Crippen LogP contribution is 2.16.